The highest BCUT2D eigenvalue weighted by Gasteiger charge is 2.44. The highest BCUT2D eigenvalue weighted by molar-refractivity contribution is 5.84. The van der Waals surface area contributed by atoms with Crippen LogP contribution in [0, 0.1) is 11.8 Å². The Morgan fingerprint density at radius 2 is 1.95 bits per heavy atom. The van der Waals surface area contributed by atoms with Gasteiger partial charge in [0.15, 0.2) is 0 Å². The summed E-state index contributed by atoms with van der Waals surface area (Å²) >= 11 is 0. The predicted octanol–water partition coefficient (Wildman–Crippen LogP) is 2.38. The van der Waals surface area contributed by atoms with Gasteiger partial charge >= 0.3 is 0 Å². The first-order valence-corrected chi connectivity index (χ1v) is 8.22. The first-order chi connectivity index (χ1) is 9.54. The van der Waals surface area contributed by atoms with E-state index in [0.29, 0.717) is 25.0 Å². The van der Waals surface area contributed by atoms with Crippen LogP contribution < -0.4 is 5.32 Å². The molecule has 1 aliphatic carbocycles. The maximum Gasteiger partial charge on any atom is 0.241 e. The van der Waals surface area contributed by atoms with Crippen LogP contribution in [-0.4, -0.2) is 42.3 Å². The van der Waals surface area contributed by atoms with Crippen molar-refractivity contribution in [1.29, 1.82) is 0 Å². The van der Waals surface area contributed by atoms with Crippen molar-refractivity contribution in [2.45, 2.75) is 71.7 Å². The number of carbonyl (C=O) groups is 1. The summed E-state index contributed by atoms with van der Waals surface area (Å²) in [5.41, 5.74) is 0. The molecule has 0 aromatic carbocycles. The van der Waals surface area contributed by atoms with Crippen LogP contribution in [0.3, 0.4) is 0 Å². The van der Waals surface area contributed by atoms with E-state index in [0.717, 1.165) is 0 Å². The van der Waals surface area contributed by atoms with E-state index in [1.165, 1.54) is 25.7 Å². The zero-order valence-electron chi connectivity index (χ0n) is 13.4. The molecular weight excluding hydrogens is 252 g/mol. The molecule has 2 aliphatic rings. The lowest BCUT2D eigenvalue weighted by atomic mass is 10.0. The van der Waals surface area contributed by atoms with Gasteiger partial charge in [-0.15, -0.1) is 0 Å². The molecule has 0 aromatic rings. The number of hydrogen-bond donors (Lipinski definition) is 1. The van der Waals surface area contributed by atoms with Crippen LogP contribution >= 0.6 is 0 Å². The minimum absolute atomic E-state index is 0.0190. The van der Waals surface area contributed by atoms with E-state index in [-0.39, 0.29) is 24.2 Å². The van der Waals surface area contributed by atoms with Gasteiger partial charge in [0.05, 0.1) is 18.3 Å². The van der Waals surface area contributed by atoms with E-state index in [4.69, 9.17) is 4.74 Å². The molecular formula is C16H30N2O2. The van der Waals surface area contributed by atoms with E-state index >= 15 is 0 Å². The number of ether oxygens (including phenoxy) is 1. The fraction of sp³-hybridized carbons (Fsp3) is 0.938. The Morgan fingerprint density at radius 3 is 2.50 bits per heavy atom. The second kappa shape index (κ2) is 6.90. The molecule has 3 unspecified atom stereocenters. The minimum Gasteiger partial charge on any atom is -0.377 e. The summed E-state index contributed by atoms with van der Waals surface area (Å²) < 4.78 is 5.64. The molecule has 1 aliphatic heterocycles. The Hall–Kier alpha value is -0.610. The molecule has 3 atom stereocenters. The smallest absolute Gasteiger partial charge is 0.241 e. The van der Waals surface area contributed by atoms with Crippen molar-refractivity contribution in [3.8, 4) is 0 Å². The summed E-state index contributed by atoms with van der Waals surface area (Å²) in [6.07, 6.45) is 5.43. The molecule has 1 heterocycles. The molecule has 0 bridgehead atoms. The lowest BCUT2D eigenvalue weighted by Gasteiger charge is -2.31. The first kappa shape index (κ1) is 15.8. The lowest BCUT2D eigenvalue weighted by molar-refractivity contribution is -0.133. The standard InChI is InChI=1S/C16H30N2O2/c1-5-20-12(4)10-18-15(13-8-6-7-9-13)17-14(11(2)3)16(18)19/h11-15,17H,5-10H2,1-4H3. The molecule has 0 radical (unpaired) electrons. The van der Waals surface area contributed by atoms with Crippen LogP contribution in [0.25, 0.3) is 0 Å². The molecule has 116 valence electrons. The Morgan fingerprint density at radius 1 is 1.30 bits per heavy atom. The van der Waals surface area contributed by atoms with Crippen molar-refractivity contribution in [2.24, 2.45) is 11.8 Å². The Kier molecular flexibility index (Phi) is 5.44. The van der Waals surface area contributed by atoms with Crippen molar-refractivity contribution in [3.05, 3.63) is 0 Å². The van der Waals surface area contributed by atoms with E-state index in [2.05, 4.69) is 31.0 Å². The van der Waals surface area contributed by atoms with Crippen molar-refractivity contribution in [1.82, 2.24) is 10.2 Å². The molecule has 1 N–H and O–H groups in total. The average Bonchev–Trinajstić information content (AvgIpc) is 2.99. The Labute approximate surface area is 123 Å². The third-order valence-electron chi connectivity index (χ3n) is 4.65. The van der Waals surface area contributed by atoms with Crippen LogP contribution in [-0.2, 0) is 9.53 Å². The van der Waals surface area contributed by atoms with Gasteiger partial charge < -0.3 is 9.64 Å². The lowest BCUT2D eigenvalue weighted by Crippen LogP contribution is -2.45. The van der Waals surface area contributed by atoms with E-state index in [9.17, 15) is 4.79 Å². The van der Waals surface area contributed by atoms with Crippen LogP contribution in [0.4, 0.5) is 0 Å². The predicted molar refractivity (Wildman–Crippen MR) is 80.3 cm³/mol. The topological polar surface area (TPSA) is 41.6 Å². The van der Waals surface area contributed by atoms with Gasteiger partial charge in [-0.1, -0.05) is 26.7 Å². The molecule has 1 saturated heterocycles. The number of hydrogen-bond acceptors (Lipinski definition) is 3. The second-order valence-electron chi connectivity index (χ2n) is 6.63. The van der Waals surface area contributed by atoms with Crippen LogP contribution in [0.5, 0.6) is 0 Å². The summed E-state index contributed by atoms with van der Waals surface area (Å²) in [6, 6.07) is -0.0190. The van der Waals surface area contributed by atoms with E-state index in [1.807, 2.05) is 6.92 Å². The largest absolute Gasteiger partial charge is 0.377 e. The van der Waals surface area contributed by atoms with Crippen molar-refractivity contribution in [2.75, 3.05) is 13.2 Å². The monoisotopic (exact) mass is 282 g/mol. The molecule has 4 heteroatoms. The second-order valence-corrected chi connectivity index (χ2v) is 6.63. The molecule has 20 heavy (non-hydrogen) atoms. The summed E-state index contributed by atoms with van der Waals surface area (Å²) in [7, 11) is 0. The third kappa shape index (κ3) is 3.34. The number of nitrogens with zero attached hydrogens (tertiary/aromatic N) is 1. The molecule has 2 fully saturated rings. The maximum atomic E-state index is 12.7. The number of rotatable bonds is 6. The van der Waals surface area contributed by atoms with Crippen LogP contribution in [0.2, 0.25) is 0 Å². The summed E-state index contributed by atoms with van der Waals surface area (Å²) in [5.74, 6) is 1.23. The molecule has 2 rings (SSSR count). The average molecular weight is 282 g/mol. The van der Waals surface area contributed by atoms with Crippen molar-refractivity contribution < 1.29 is 9.53 Å². The highest BCUT2D eigenvalue weighted by atomic mass is 16.5. The number of nitrogens with one attached hydrogen (secondary N) is 1. The van der Waals surface area contributed by atoms with E-state index < -0.39 is 0 Å². The fourth-order valence-corrected chi connectivity index (χ4v) is 3.62. The number of carbonyl (C=O) groups excluding carboxylic acids is 1. The van der Waals surface area contributed by atoms with Gasteiger partial charge in [-0.25, -0.2) is 0 Å². The van der Waals surface area contributed by atoms with Crippen LogP contribution in [0.15, 0.2) is 0 Å². The summed E-state index contributed by atoms with van der Waals surface area (Å²) in [6.45, 7) is 9.73. The SMILES string of the molecule is CCOC(C)CN1C(=O)C(C(C)C)NC1C1CCCC1. The quantitative estimate of drug-likeness (QED) is 0.813. The highest BCUT2D eigenvalue weighted by Crippen LogP contribution is 2.33. The van der Waals surface area contributed by atoms with Gasteiger partial charge in [-0.05, 0) is 38.5 Å². The first-order valence-electron chi connectivity index (χ1n) is 8.22. The zero-order chi connectivity index (χ0) is 14.7. The van der Waals surface area contributed by atoms with Gasteiger partial charge in [0.25, 0.3) is 0 Å². The molecule has 1 amide bonds. The summed E-state index contributed by atoms with van der Waals surface area (Å²) in [5, 5.41) is 3.60. The third-order valence-corrected chi connectivity index (χ3v) is 4.65. The Bertz CT molecular complexity index is 326. The van der Waals surface area contributed by atoms with Gasteiger partial charge in [-0.3, -0.25) is 10.1 Å². The minimum atomic E-state index is -0.0190. The fourth-order valence-electron chi connectivity index (χ4n) is 3.62. The summed E-state index contributed by atoms with van der Waals surface area (Å²) in [4.78, 5) is 14.7. The van der Waals surface area contributed by atoms with Gasteiger partial charge in [-0.2, -0.15) is 0 Å². The molecule has 0 spiro atoms. The van der Waals surface area contributed by atoms with Gasteiger partial charge in [0.1, 0.15) is 0 Å². The van der Waals surface area contributed by atoms with Gasteiger partial charge in [0, 0.05) is 13.2 Å². The van der Waals surface area contributed by atoms with E-state index in [1.54, 1.807) is 0 Å². The van der Waals surface area contributed by atoms with Gasteiger partial charge in [0.2, 0.25) is 5.91 Å². The zero-order valence-corrected chi connectivity index (χ0v) is 13.4. The Balaban J connectivity index is 2.07. The van der Waals surface area contributed by atoms with Crippen LogP contribution in [0.1, 0.15) is 53.4 Å². The number of amides is 1. The van der Waals surface area contributed by atoms with Crippen molar-refractivity contribution >= 4 is 5.91 Å². The molecule has 1 saturated carbocycles. The molecule has 0 aromatic heterocycles. The normalized spacial score (nSPS) is 29.6. The van der Waals surface area contributed by atoms with Crippen molar-refractivity contribution in [3.63, 3.8) is 0 Å². The molecule has 4 nitrogen and oxygen atoms in total. The maximum absolute atomic E-state index is 12.7.